The molecule has 3 aromatic rings. The number of halogens is 2. The quantitative estimate of drug-likeness (QED) is 0.387. The smallest absolute Gasteiger partial charge is 0.248 e. The first-order chi connectivity index (χ1) is 16.9. The third-order valence-electron chi connectivity index (χ3n) is 5.15. The molecule has 2 aromatic carbocycles. The second-order valence-electron chi connectivity index (χ2n) is 8.22. The van der Waals surface area contributed by atoms with Gasteiger partial charge in [0.25, 0.3) is 0 Å². The number of nitrogens with one attached hydrogen (secondary N) is 2. The summed E-state index contributed by atoms with van der Waals surface area (Å²) in [6, 6.07) is 7.78. The lowest BCUT2D eigenvalue weighted by Gasteiger charge is -2.17. The van der Waals surface area contributed by atoms with Crippen molar-refractivity contribution >= 4 is 45.6 Å². The number of nitrogens with zero attached hydrogens (tertiary/aromatic N) is 2. The van der Waals surface area contributed by atoms with Crippen molar-refractivity contribution in [2.45, 2.75) is 32.5 Å². The first-order valence-electron chi connectivity index (χ1n) is 11.2. The molecule has 10 heteroatoms. The maximum absolute atomic E-state index is 13.6. The van der Waals surface area contributed by atoms with Crippen molar-refractivity contribution in [2.75, 3.05) is 30.5 Å². The molecule has 0 radical (unpaired) electrons. The monoisotopic (exact) mass is 500 g/mol. The van der Waals surface area contributed by atoms with Gasteiger partial charge in [-0.25, -0.2) is 14.4 Å². The lowest BCUT2D eigenvalue weighted by Crippen LogP contribution is -2.18. The van der Waals surface area contributed by atoms with Crippen molar-refractivity contribution < 1.29 is 23.4 Å². The van der Waals surface area contributed by atoms with Gasteiger partial charge < -0.3 is 24.8 Å². The highest BCUT2D eigenvalue weighted by Gasteiger charge is 2.20. The number of aromatic nitrogens is 2. The molecular weight excluding hydrogens is 475 g/mol. The number of ether oxygens (including phenoxy) is 3. The molecular formula is C25H26ClFN4O4. The van der Waals surface area contributed by atoms with Crippen molar-refractivity contribution in [1.82, 2.24) is 9.97 Å². The molecule has 184 valence electrons. The minimum Gasteiger partial charge on any atom is -0.486 e. The fraction of sp³-hybridized carbons (Fsp3) is 0.320. The number of carbonyl (C=O) groups is 1. The Labute approximate surface area is 207 Å². The highest BCUT2D eigenvalue weighted by Crippen LogP contribution is 2.35. The molecule has 0 aliphatic carbocycles. The molecule has 1 amide bonds. The SMILES string of the molecule is CC(C)OC/C=C/C(=O)Nc1cc2c(Nc3ccc(F)c(Cl)c3)ncnc2cc1OC1CCOC1. The Morgan fingerprint density at radius 1 is 1.31 bits per heavy atom. The zero-order chi connectivity index (χ0) is 24.8. The summed E-state index contributed by atoms with van der Waals surface area (Å²) in [5.41, 5.74) is 1.61. The Balaban J connectivity index is 1.64. The molecule has 8 nitrogen and oxygen atoms in total. The largest absolute Gasteiger partial charge is 0.486 e. The summed E-state index contributed by atoms with van der Waals surface area (Å²) < 4.78 is 30.5. The van der Waals surface area contributed by atoms with E-state index in [-0.39, 0.29) is 23.1 Å². The average Bonchev–Trinajstić information content (AvgIpc) is 3.33. The molecule has 2 heterocycles. The highest BCUT2D eigenvalue weighted by molar-refractivity contribution is 6.31. The van der Waals surface area contributed by atoms with Crippen LogP contribution in [0.3, 0.4) is 0 Å². The minimum atomic E-state index is -0.515. The Bertz CT molecular complexity index is 1230. The highest BCUT2D eigenvalue weighted by atomic mass is 35.5. The van der Waals surface area contributed by atoms with Crippen LogP contribution < -0.4 is 15.4 Å². The average molecular weight is 501 g/mol. The van der Waals surface area contributed by atoms with E-state index in [0.29, 0.717) is 53.7 Å². The van der Waals surface area contributed by atoms with Gasteiger partial charge in [0.1, 0.15) is 29.8 Å². The maximum atomic E-state index is 13.6. The lowest BCUT2D eigenvalue weighted by atomic mass is 10.1. The first-order valence-corrected chi connectivity index (χ1v) is 11.6. The summed E-state index contributed by atoms with van der Waals surface area (Å²) in [6.07, 6.45) is 5.16. The van der Waals surface area contributed by atoms with E-state index in [4.69, 9.17) is 25.8 Å². The normalized spacial score (nSPS) is 15.7. The van der Waals surface area contributed by atoms with E-state index in [9.17, 15) is 9.18 Å². The number of fused-ring (bicyclic) bond motifs is 1. The van der Waals surface area contributed by atoms with Crippen LogP contribution in [0, 0.1) is 5.82 Å². The molecule has 1 saturated heterocycles. The second-order valence-corrected chi connectivity index (χ2v) is 8.63. The number of hydrogen-bond acceptors (Lipinski definition) is 7. The molecule has 0 bridgehead atoms. The molecule has 1 fully saturated rings. The van der Waals surface area contributed by atoms with Gasteiger partial charge in [-0.3, -0.25) is 4.79 Å². The van der Waals surface area contributed by atoms with Crippen LogP contribution in [0.5, 0.6) is 5.75 Å². The van der Waals surface area contributed by atoms with Crippen LogP contribution >= 0.6 is 11.6 Å². The molecule has 1 aliphatic rings. The predicted molar refractivity (Wildman–Crippen MR) is 133 cm³/mol. The van der Waals surface area contributed by atoms with Gasteiger partial charge in [-0.1, -0.05) is 17.7 Å². The fourth-order valence-corrected chi connectivity index (χ4v) is 3.63. The molecule has 1 atom stereocenters. The summed E-state index contributed by atoms with van der Waals surface area (Å²) in [6.45, 7) is 5.27. The van der Waals surface area contributed by atoms with Crippen molar-refractivity contribution in [2.24, 2.45) is 0 Å². The van der Waals surface area contributed by atoms with E-state index in [1.807, 2.05) is 13.8 Å². The van der Waals surface area contributed by atoms with Gasteiger partial charge >= 0.3 is 0 Å². The third kappa shape index (κ3) is 6.66. The van der Waals surface area contributed by atoms with Crippen LogP contribution in [0.4, 0.5) is 21.6 Å². The standard InChI is InChI=1S/C25H26ClFN4O4/c1-15(2)34-8-3-4-24(32)31-22-11-18-21(12-23(22)35-17-7-9-33-13-17)28-14-29-25(18)30-16-5-6-20(27)19(26)10-16/h3-6,10-12,14-15,17H,7-9,13H2,1-2H3,(H,31,32)(H,28,29,30)/b4-3+. The Morgan fingerprint density at radius 2 is 2.17 bits per heavy atom. The summed E-state index contributed by atoms with van der Waals surface area (Å²) in [7, 11) is 0. The molecule has 4 rings (SSSR count). The second kappa shape index (κ2) is 11.4. The van der Waals surface area contributed by atoms with Crippen LogP contribution in [0.15, 0.2) is 48.8 Å². The molecule has 0 spiro atoms. The molecule has 35 heavy (non-hydrogen) atoms. The number of amides is 1. The van der Waals surface area contributed by atoms with E-state index >= 15 is 0 Å². The van der Waals surface area contributed by atoms with E-state index in [2.05, 4.69) is 20.6 Å². The van der Waals surface area contributed by atoms with Crippen LogP contribution in [0.2, 0.25) is 5.02 Å². The molecule has 1 aliphatic heterocycles. The first kappa shape index (κ1) is 24.8. The summed E-state index contributed by atoms with van der Waals surface area (Å²) in [5.74, 6) is 0.0904. The van der Waals surface area contributed by atoms with Crippen LogP contribution in [0.1, 0.15) is 20.3 Å². The van der Waals surface area contributed by atoms with Crippen molar-refractivity contribution in [3.63, 3.8) is 0 Å². The van der Waals surface area contributed by atoms with Gasteiger partial charge in [-0.2, -0.15) is 0 Å². The lowest BCUT2D eigenvalue weighted by molar-refractivity contribution is -0.112. The Morgan fingerprint density at radius 3 is 2.91 bits per heavy atom. The van der Waals surface area contributed by atoms with E-state index in [1.54, 1.807) is 24.3 Å². The molecule has 2 N–H and O–H groups in total. The van der Waals surface area contributed by atoms with Crippen LogP contribution in [0.25, 0.3) is 10.9 Å². The van der Waals surface area contributed by atoms with Crippen molar-refractivity contribution in [3.05, 3.63) is 59.7 Å². The summed E-state index contributed by atoms with van der Waals surface area (Å²) in [4.78, 5) is 21.3. The van der Waals surface area contributed by atoms with Gasteiger partial charge in [0.2, 0.25) is 5.91 Å². The van der Waals surface area contributed by atoms with Gasteiger partial charge in [-0.05, 0) is 38.1 Å². The minimum absolute atomic E-state index is 0.0102. The topological polar surface area (TPSA) is 94.6 Å². The van der Waals surface area contributed by atoms with E-state index < -0.39 is 5.82 Å². The van der Waals surface area contributed by atoms with Crippen molar-refractivity contribution in [3.8, 4) is 5.75 Å². The number of carbonyl (C=O) groups excluding carboxylic acids is 1. The molecule has 1 aromatic heterocycles. The number of hydrogen-bond donors (Lipinski definition) is 2. The fourth-order valence-electron chi connectivity index (χ4n) is 3.45. The number of benzene rings is 2. The summed E-state index contributed by atoms with van der Waals surface area (Å²) >= 11 is 5.91. The zero-order valence-electron chi connectivity index (χ0n) is 19.4. The van der Waals surface area contributed by atoms with Gasteiger partial charge in [0, 0.05) is 29.6 Å². The Kier molecular flexibility index (Phi) is 8.12. The van der Waals surface area contributed by atoms with E-state index in [0.717, 1.165) is 6.42 Å². The predicted octanol–water partition coefficient (Wildman–Crippen LogP) is 5.25. The number of anilines is 3. The van der Waals surface area contributed by atoms with E-state index in [1.165, 1.54) is 24.5 Å². The van der Waals surface area contributed by atoms with Gasteiger partial charge in [0.15, 0.2) is 0 Å². The zero-order valence-corrected chi connectivity index (χ0v) is 20.1. The summed E-state index contributed by atoms with van der Waals surface area (Å²) in [5, 5.41) is 6.63. The Hall–Kier alpha value is -3.27. The van der Waals surface area contributed by atoms with Crippen LogP contribution in [-0.4, -0.2) is 47.9 Å². The van der Waals surface area contributed by atoms with Crippen LogP contribution in [-0.2, 0) is 14.3 Å². The van der Waals surface area contributed by atoms with Crippen molar-refractivity contribution in [1.29, 1.82) is 0 Å². The van der Waals surface area contributed by atoms with Gasteiger partial charge in [-0.15, -0.1) is 0 Å². The maximum Gasteiger partial charge on any atom is 0.248 e. The third-order valence-corrected chi connectivity index (χ3v) is 5.44. The molecule has 1 unspecified atom stereocenters. The van der Waals surface area contributed by atoms with Gasteiger partial charge in [0.05, 0.1) is 42.2 Å². The number of rotatable bonds is 9. The molecule has 0 saturated carbocycles.